The van der Waals surface area contributed by atoms with Crippen LogP contribution in [-0.2, 0) is 4.79 Å². The van der Waals surface area contributed by atoms with Crippen LogP contribution in [0.25, 0.3) is 0 Å². The molecule has 2 N–H and O–H groups in total. The second-order valence-electron chi connectivity index (χ2n) is 21.2. The third-order valence-electron chi connectivity index (χ3n) is 18.5. The largest absolute Gasteiger partial charge is 0.481 e. The molecule has 1 aromatic rings. The van der Waals surface area contributed by atoms with Gasteiger partial charge in [-0.25, -0.2) is 0 Å². The SMILES string of the molecule is C=C(C)[C@@H]1CC[C@]2(NCCN3CCCCC3)CC[C@]3(C)[C@H](CC[C@@H]4[C@@]5(C)CC=C(C6=CCC(COc7nsnc7C)(C(=O)O)CC6)C(C)(C)[C@@H]5CC[C@]43C)[C@@H]12. The van der Waals surface area contributed by atoms with Crippen molar-refractivity contribution in [2.75, 3.05) is 32.8 Å². The van der Waals surface area contributed by atoms with Crippen molar-refractivity contribution in [3.05, 3.63) is 41.1 Å². The second-order valence-corrected chi connectivity index (χ2v) is 21.7. The van der Waals surface area contributed by atoms with Crippen molar-refractivity contribution < 1.29 is 14.6 Å². The number of fused-ring (bicyclic) bond motifs is 7. The summed E-state index contributed by atoms with van der Waals surface area (Å²) >= 11 is 1.11. The van der Waals surface area contributed by atoms with Gasteiger partial charge in [0.2, 0.25) is 5.88 Å². The maximum atomic E-state index is 12.7. The lowest BCUT2D eigenvalue weighted by atomic mass is 9.33. The van der Waals surface area contributed by atoms with Gasteiger partial charge in [0.05, 0.1) is 11.7 Å². The predicted molar refractivity (Wildman–Crippen MR) is 223 cm³/mol. The van der Waals surface area contributed by atoms with Crippen LogP contribution in [0.1, 0.15) is 144 Å². The fourth-order valence-corrected chi connectivity index (χ4v) is 15.8. The number of nitrogens with one attached hydrogen (secondary N) is 1. The number of hydrogen-bond acceptors (Lipinski definition) is 7. The number of nitrogens with zero attached hydrogens (tertiary/aromatic N) is 3. The van der Waals surface area contributed by atoms with Crippen LogP contribution < -0.4 is 10.1 Å². The Kier molecular flexibility index (Phi) is 10.4. The molecule has 55 heavy (non-hydrogen) atoms. The maximum absolute atomic E-state index is 12.7. The van der Waals surface area contributed by atoms with Crippen LogP contribution in [-0.4, -0.2) is 63.0 Å². The monoisotopic (exact) mass is 773 g/mol. The average Bonchev–Trinajstić information content (AvgIpc) is 3.75. The van der Waals surface area contributed by atoms with E-state index in [-0.39, 0.29) is 23.0 Å². The van der Waals surface area contributed by atoms with Crippen molar-refractivity contribution in [3.8, 4) is 5.88 Å². The standard InChI is InChI=1S/C47H72N4O3S/c1-31(2)34-16-23-47(48-26-29-51-27-10-9-11-28-51)25-24-44(7)36(39(34)47)12-13-38-43(6)19-17-35(42(4,5)37(43)18-20-45(38,44)8)33-14-21-46(22-15-33,41(52)53)30-54-40-32(3)49-55-50-40/h14,17,34,36-39,48H,1,9-13,15-16,18-30H2,2-8H3,(H,52,53)/t34-,36+,37-,38+,39+,43-,44+,45+,46?,47-/m0/s1. The number of rotatable bonds is 10. The summed E-state index contributed by atoms with van der Waals surface area (Å²) in [6.07, 6.45) is 22.7. The number of carbonyl (C=O) groups is 1. The van der Waals surface area contributed by atoms with E-state index in [1.807, 2.05) is 6.92 Å². The van der Waals surface area contributed by atoms with Crippen molar-refractivity contribution in [1.29, 1.82) is 0 Å². The lowest BCUT2D eigenvalue weighted by Crippen LogP contribution is -2.68. The average molecular weight is 773 g/mol. The number of aryl methyl sites for hydroxylation is 1. The molecular formula is C47H72N4O3S. The quantitative estimate of drug-likeness (QED) is 0.229. The molecule has 0 radical (unpaired) electrons. The van der Waals surface area contributed by atoms with Crippen LogP contribution in [0.4, 0.5) is 0 Å². The molecule has 7 aliphatic rings. The number of aromatic nitrogens is 2. The summed E-state index contributed by atoms with van der Waals surface area (Å²) < 4.78 is 14.4. The summed E-state index contributed by atoms with van der Waals surface area (Å²) in [6, 6.07) is 0. The maximum Gasteiger partial charge on any atom is 0.313 e. The fourth-order valence-electron chi connectivity index (χ4n) is 15.3. The Labute approximate surface area is 336 Å². The summed E-state index contributed by atoms with van der Waals surface area (Å²) in [7, 11) is 0. The van der Waals surface area contributed by atoms with Gasteiger partial charge in [0.15, 0.2) is 0 Å². The van der Waals surface area contributed by atoms with Crippen LogP contribution in [0.15, 0.2) is 35.5 Å². The third kappa shape index (κ3) is 6.26. The van der Waals surface area contributed by atoms with E-state index in [1.54, 1.807) is 0 Å². The third-order valence-corrected chi connectivity index (χ3v) is 19.1. The highest BCUT2D eigenvalue weighted by Crippen LogP contribution is 2.76. The summed E-state index contributed by atoms with van der Waals surface area (Å²) in [5.74, 6) is 3.11. The van der Waals surface area contributed by atoms with Gasteiger partial charge in [-0.05, 0) is 179 Å². The van der Waals surface area contributed by atoms with Gasteiger partial charge in [-0.3, -0.25) is 4.79 Å². The first-order chi connectivity index (χ1) is 26.1. The van der Waals surface area contributed by atoms with Gasteiger partial charge in [0.25, 0.3) is 0 Å². The minimum atomic E-state index is -0.933. The lowest BCUT2D eigenvalue weighted by Gasteiger charge is -2.72. The smallest absolute Gasteiger partial charge is 0.313 e. The number of ether oxygens (including phenoxy) is 1. The summed E-state index contributed by atoms with van der Waals surface area (Å²) in [4.78, 5) is 15.4. The summed E-state index contributed by atoms with van der Waals surface area (Å²) in [5, 5.41) is 14.8. The van der Waals surface area contributed by atoms with Crippen molar-refractivity contribution in [2.24, 2.45) is 56.7 Å². The molecule has 8 heteroatoms. The molecule has 8 rings (SSSR count). The van der Waals surface area contributed by atoms with E-state index in [4.69, 9.17) is 4.74 Å². The highest BCUT2D eigenvalue weighted by molar-refractivity contribution is 6.99. The van der Waals surface area contributed by atoms with E-state index in [0.717, 1.165) is 42.7 Å². The minimum Gasteiger partial charge on any atom is -0.481 e. The zero-order valence-electron chi connectivity index (χ0n) is 35.4. The van der Waals surface area contributed by atoms with Crippen molar-refractivity contribution in [3.63, 3.8) is 0 Å². The second kappa shape index (κ2) is 14.4. The molecule has 2 heterocycles. The summed E-state index contributed by atoms with van der Waals surface area (Å²) in [6.45, 7) is 27.2. The van der Waals surface area contributed by atoms with Gasteiger partial charge in [-0.15, -0.1) is 4.37 Å². The van der Waals surface area contributed by atoms with Crippen molar-refractivity contribution >= 4 is 17.7 Å². The highest BCUT2D eigenvalue weighted by atomic mass is 32.1. The first-order valence-corrected chi connectivity index (χ1v) is 23.0. The molecule has 1 aromatic heterocycles. The summed E-state index contributed by atoms with van der Waals surface area (Å²) in [5.41, 5.74) is 5.31. The zero-order chi connectivity index (χ0) is 39.0. The molecule has 6 aliphatic carbocycles. The number of likely N-dealkylation sites (tertiary alicyclic amines) is 1. The van der Waals surface area contributed by atoms with E-state index in [0.29, 0.717) is 53.2 Å². The molecule has 1 aliphatic heterocycles. The van der Waals surface area contributed by atoms with Crippen LogP contribution in [0, 0.1) is 63.6 Å². The van der Waals surface area contributed by atoms with E-state index < -0.39 is 11.4 Å². The van der Waals surface area contributed by atoms with Crippen molar-refractivity contribution in [1.82, 2.24) is 19.0 Å². The lowest BCUT2D eigenvalue weighted by molar-refractivity contribution is -0.221. The topological polar surface area (TPSA) is 87.6 Å². The van der Waals surface area contributed by atoms with Crippen LogP contribution in [0.3, 0.4) is 0 Å². The van der Waals surface area contributed by atoms with Gasteiger partial charge in [-0.2, -0.15) is 4.37 Å². The molecule has 1 saturated heterocycles. The number of carboxylic acid groups (broad SMARTS) is 1. The molecule has 0 spiro atoms. The number of carboxylic acids is 1. The Morgan fingerprint density at radius 2 is 1.73 bits per heavy atom. The Morgan fingerprint density at radius 3 is 2.40 bits per heavy atom. The Bertz CT molecular complexity index is 1710. The van der Waals surface area contributed by atoms with Gasteiger partial charge >= 0.3 is 5.97 Å². The molecule has 4 saturated carbocycles. The molecule has 304 valence electrons. The van der Waals surface area contributed by atoms with Gasteiger partial charge in [0, 0.05) is 18.6 Å². The zero-order valence-corrected chi connectivity index (χ0v) is 36.2. The first kappa shape index (κ1) is 39.8. The normalized spacial score (nSPS) is 42.6. The Balaban J connectivity index is 1.02. The molecular weight excluding hydrogens is 701 g/mol. The molecule has 5 fully saturated rings. The molecule has 1 unspecified atom stereocenters. The van der Waals surface area contributed by atoms with Crippen LogP contribution >= 0.6 is 11.7 Å². The highest BCUT2D eigenvalue weighted by Gasteiger charge is 2.70. The van der Waals surface area contributed by atoms with Crippen LogP contribution in [0.5, 0.6) is 5.88 Å². The molecule has 7 nitrogen and oxygen atoms in total. The van der Waals surface area contributed by atoms with Crippen LogP contribution in [0.2, 0.25) is 0 Å². The fraction of sp³-hybridized carbons (Fsp3) is 0.809. The predicted octanol–water partition coefficient (Wildman–Crippen LogP) is 10.4. The number of aliphatic carboxylic acids is 1. The first-order valence-electron chi connectivity index (χ1n) is 22.3. The van der Waals surface area contributed by atoms with E-state index in [2.05, 4.69) is 79.2 Å². The molecule has 0 aromatic carbocycles. The van der Waals surface area contributed by atoms with E-state index >= 15 is 0 Å². The number of piperidine rings is 1. The Morgan fingerprint density at radius 1 is 0.945 bits per heavy atom. The van der Waals surface area contributed by atoms with Crippen molar-refractivity contribution in [2.45, 2.75) is 150 Å². The Hall–Kier alpha value is -2.03. The van der Waals surface area contributed by atoms with E-state index in [9.17, 15) is 9.90 Å². The molecule has 0 bridgehead atoms. The molecule has 0 amide bonds. The number of hydrogen-bond donors (Lipinski definition) is 2. The minimum absolute atomic E-state index is 0.0392. The van der Waals surface area contributed by atoms with Gasteiger partial charge in [-0.1, -0.05) is 65.3 Å². The van der Waals surface area contributed by atoms with Gasteiger partial charge < -0.3 is 20.1 Å². The number of allylic oxidation sites excluding steroid dienone is 5. The van der Waals surface area contributed by atoms with E-state index in [1.165, 1.54) is 107 Å². The van der Waals surface area contributed by atoms with Gasteiger partial charge in [0.1, 0.15) is 17.7 Å². The molecule has 10 atom stereocenters.